The summed E-state index contributed by atoms with van der Waals surface area (Å²) >= 11 is 3.63. The highest BCUT2D eigenvalue weighted by atomic mass is 79.9. The van der Waals surface area contributed by atoms with Crippen molar-refractivity contribution in [3.63, 3.8) is 0 Å². The Morgan fingerprint density at radius 1 is 1.47 bits per heavy atom. The quantitative estimate of drug-likeness (QED) is 0.840. The second-order valence-corrected chi connectivity index (χ2v) is 6.57. The molecule has 4 heteroatoms. The summed E-state index contributed by atoms with van der Waals surface area (Å²) in [7, 11) is 0. The first-order chi connectivity index (χ1) is 9.08. The minimum Gasteiger partial charge on any atom is -0.352 e. The molecule has 2 nitrogen and oxygen atoms in total. The van der Waals surface area contributed by atoms with E-state index in [1.165, 1.54) is 18.9 Å². The van der Waals surface area contributed by atoms with Gasteiger partial charge in [-0.1, -0.05) is 34.5 Å². The van der Waals surface area contributed by atoms with Crippen LogP contribution in [0.3, 0.4) is 0 Å². The maximum atomic E-state index is 13.8. The Bertz CT molecular complexity index is 463. The molecule has 1 fully saturated rings. The SMILES string of the molecule is Cc1cccc(C(=O)NCC2CCCC(Br)C2)c1F. The predicted molar refractivity (Wildman–Crippen MR) is 78.1 cm³/mol. The molecule has 1 amide bonds. The summed E-state index contributed by atoms with van der Waals surface area (Å²) in [6.07, 6.45) is 4.61. The molecule has 0 heterocycles. The van der Waals surface area contributed by atoms with Crippen LogP contribution in [0.1, 0.15) is 41.6 Å². The molecule has 1 N–H and O–H groups in total. The van der Waals surface area contributed by atoms with Gasteiger partial charge in [0.15, 0.2) is 0 Å². The Labute approximate surface area is 121 Å². The van der Waals surface area contributed by atoms with Crippen molar-refractivity contribution < 1.29 is 9.18 Å². The lowest BCUT2D eigenvalue weighted by molar-refractivity contribution is 0.0939. The normalized spacial score (nSPS) is 23.1. The summed E-state index contributed by atoms with van der Waals surface area (Å²) in [5, 5.41) is 2.86. The van der Waals surface area contributed by atoms with Crippen molar-refractivity contribution in [1.29, 1.82) is 0 Å². The van der Waals surface area contributed by atoms with Crippen LogP contribution in [-0.2, 0) is 0 Å². The molecule has 0 aromatic heterocycles. The van der Waals surface area contributed by atoms with E-state index in [-0.39, 0.29) is 11.5 Å². The highest BCUT2D eigenvalue weighted by Crippen LogP contribution is 2.28. The number of halogens is 2. The molecule has 1 aliphatic carbocycles. The van der Waals surface area contributed by atoms with Gasteiger partial charge >= 0.3 is 0 Å². The average Bonchev–Trinajstić information content (AvgIpc) is 2.39. The summed E-state index contributed by atoms with van der Waals surface area (Å²) in [6, 6.07) is 4.91. The summed E-state index contributed by atoms with van der Waals surface area (Å²) in [6.45, 7) is 2.30. The van der Waals surface area contributed by atoms with Gasteiger partial charge in [-0.15, -0.1) is 0 Å². The molecule has 1 saturated carbocycles. The number of carbonyl (C=O) groups is 1. The zero-order valence-corrected chi connectivity index (χ0v) is 12.7. The number of rotatable bonds is 3. The molecule has 1 aliphatic rings. The Balaban J connectivity index is 1.92. The predicted octanol–water partition coefficient (Wildman–Crippen LogP) is 3.82. The molecule has 0 radical (unpaired) electrons. The third-order valence-electron chi connectivity index (χ3n) is 3.71. The van der Waals surface area contributed by atoms with E-state index >= 15 is 0 Å². The van der Waals surface area contributed by atoms with E-state index in [1.54, 1.807) is 19.1 Å². The van der Waals surface area contributed by atoms with Crippen molar-refractivity contribution in [3.05, 3.63) is 35.1 Å². The third kappa shape index (κ3) is 3.78. The van der Waals surface area contributed by atoms with Crippen LogP contribution in [0.25, 0.3) is 0 Å². The Morgan fingerprint density at radius 3 is 3.00 bits per heavy atom. The molecule has 0 saturated heterocycles. The second kappa shape index (κ2) is 6.51. The fourth-order valence-corrected chi connectivity index (χ4v) is 3.42. The molecule has 104 valence electrons. The first-order valence-corrected chi connectivity index (χ1v) is 7.67. The molecule has 0 bridgehead atoms. The lowest BCUT2D eigenvalue weighted by Gasteiger charge is -2.25. The molecule has 2 unspecified atom stereocenters. The van der Waals surface area contributed by atoms with Crippen LogP contribution in [0, 0.1) is 18.7 Å². The smallest absolute Gasteiger partial charge is 0.254 e. The van der Waals surface area contributed by atoms with Gasteiger partial charge in [0.05, 0.1) is 5.56 Å². The standard InChI is InChI=1S/C15H19BrFNO/c1-10-4-2-7-13(14(10)17)15(19)18-9-11-5-3-6-12(16)8-11/h2,4,7,11-12H,3,5-6,8-9H2,1H3,(H,18,19). The maximum absolute atomic E-state index is 13.8. The number of benzene rings is 1. The van der Waals surface area contributed by atoms with Gasteiger partial charge in [-0.2, -0.15) is 0 Å². The number of carbonyl (C=O) groups excluding carboxylic acids is 1. The van der Waals surface area contributed by atoms with Crippen molar-refractivity contribution in [3.8, 4) is 0 Å². The third-order valence-corrected chi connectivity index (χ3v) is 4.54. The van der Waals surface area contributed by atoms with E-state index in [0.717, 1.165) is 12.8 Å². The fourth-order valence-electron chi connectivity index (χ4n) is 2.57. The molecule has 2 atom stereocenters. The van der Waals surface area contributed by atoms with E-state index in [2.05, 4.69) is 21.2 Å². The highest BCUT2D eigenvalue weighted by Gasteiger charge is 2.21. The highest BCUT2D eigenvalue weighted by molar-refractivity contribution is 9.09. The number of hydrogen-bond acceptors (Lipinski definition) is 1. The van der Waals surface area contributed by atoms with Crippen LogP contribution in [-0.4, -0.2) is 17.3 Å². The minimum atomic E-state index is -0.415. The molecule has 0 aliphatic heterocycles. The molecule has 1 aromatic carbocycles. The van der Waals surface area contributed by atoms with Crippen LogP contribution in [0.15, 0.2) is 18.2 Å². The molecule has 2 rings (SSSR count). The summed E-state index contributed by atoms with van der Waals surface area (Å²) in [5.74, 6) is -0.227. The van der Waals surface area contributed by atoms with E-state index in [1.807, 2.05) is 0 Å². The van der Waals surface area contributed by atoms with Gasteiger partial charge in [0.25, 0.3) is 5.91 Å². The van der Waals surface area contributed by atoms with Gasteiger partial charge in [0, 0.05) is 11.4 Å². The van der Waals surface area contributed by atoms with Gasteiger partial charge in [0.1, 0.15) is 5.82 Å². The van der Waals surface area contributed by atoms with Gasteiger partial charge in [-0.25, -0.2) is 4.39 Å². The summed E-state index contributed by atoms with van der Waals surface area (Å²) < 4.78 is 13.8. The van der Waals surface area contributed by atoms with E-state index in [0.29, 0.717) is 22.9 Å². The van der Waals surface area contributed by atoms with Gasteiger partial charge in [0.2, 0.25) is 0 Å². The monoisotopic (exact) mass is 327 g/mol. The Morgan fingerprint density at radius 2 is 2.26 bits per heavy atom. The lowest BCUT2D eigenvalue weighted by atomic mass is 9.89. The summed E-state index contributed by atoms with van der Waals surface area (Å²) in [5.41, 5.74) is 0.650. The van der Waals surface area contributed by atoms with Crippen molar-refractivity contribution in [2.45, 2.75) is 37.4 Å². The van der Waals surface area contributed by atoms with Crippen molar-refractivity contribution >= 4 is 21.8 Å². The average molecular weight is 328 g/mol. The number of alkyl halides is 1. The topological polar surface area (TPSA) is 29.1 Å². The number of amides is 1. The Hall–Kier alpha value is -0.900. The number of nitrogens with one attached hydrogen (secondary N) is 1. The number of aryl methyl sites for hydroxylation is 1. The van der Waals surface area contributed by atoms with Crippen LogP contribution < -0.4 is 5.32 Å². The summed E-state index contributed by atoms with van der Waals surface area (Å²) in [4.78, 5) is 12.5. The maximum Gasteiger partial charge on any atom is 0.254 e. The Kier molecular flexibility index (Phi) is 4.97. The molecular weight excluding hydrogens is 309 g/mol. The largest absolute Gasteiger partial charge is 0.352 e. The second-order valence-electron chi connectivity index (χ2n) is 5.28. The van der Waals surface area contributed by atoms with Gasteiger partial charge in [-0.3, -0.25) is 4.79 Å². The van der Waals surface area contributed by atoms with Crippen LogP contribution in [0.5, 0.6) is 0 Å². The van der Waals surface area contributed by atoms with E-state index in [4.69, 9.17) is 0 Å². The minimum absolute atomic E-state index is 0.145. The van der Waals surface area contributed by atoms with Crippen LogP contribution in [0.2, 0.25) is 0 Å². The van der Waals surface area contributed by atoms with Crippen molar-refractivity contribution in [2.24, 2.45) is 5.92 Å². The van der Waals surface area contributed by atoms with E-state index < -0.39 is 5.82 Å². The lowest BCUT2D eigenvalue weighted by Crippen LogP contribution is -2.32. The fraction of sp³-hybridized carbons (Fsp3) is 0.533. The number of hydrogen-bond donors (Lipinski definition) is 1. The molecule has 0 spiro atoms. The zero-order valence-electron chi connectivity index (χ0n) is 11.1. The first kappa shape index (κ1) is 14.5. The molecule has 19 heavy (non-hydrogen) atoms. The first-order valence-electron chi connectivity index (χ1n) is 6.75. The van der Waals surface area contributed by atoms with E-state index in [9.17, 15) is 9.18 Å². The molecule has 1 aromatic rings. The van der Waals surface area contributed by atoms with Crippen LogP contribution in [0.4, 0.5) is 4.39 Å². The van der Waals surface area contributed by atoms with Gasteiger partial charge < -0.3 is 5.32 Å². The van der Waals surface area contributed by atoms with Crippen LogP contribution >= 0.6 is 15.9 Å². The van der Waals surface area contributed by atoms with Crippen molar-refractivity contribution in [1.82, 2.24) is 5.32 Å². The van der Waals surface area contributed by atoms with Gasteiger partial charge in [-0.05, 0) is 43.7 Å². The van der Waals surface area contributed by atoms with Crippen molar-refractivity contribution in [2.75, 3.05) is 6.54 Å². The molecular formula is C15H19BrFNO. The zero-order chi connectivity index (χ0) is 13.8.